The number of hydrogen-bond donors (Lipinski definition) is 1. The second-order valence-corrected chi connectivity index (χ2v) is 8.14. The molecule has 10 heteroatoms. The second-order valence-electron chi connectivity index (χ2n) is 6.70. The number of thiophene rings is 1. The van der Waals surface area contributed by atoms with Gasteiger partial charge >= 0.3 is 0 Å². The molecular formula is C21H16ClN5O3S. The third kappa shape index (κ3) is 4.47. The third-order valence-corrected chi connectivity index (χ3v) is 5.70. The Morgan fingerprint density at radius 1 is 1.23 bits per heavy atom. The first-order valence-corrected chi connectivity index (χ1v) is 10.5. The van der Waals surface area contributed by atoms with Crippen molar-refractivity contribution >= 4 is 40.5 Å². The average Bonchev–Trinajstić information content (AvgIpc) is 3.42. The summed E-state index contributed by atoms with van der Waals surface area (Å²) in [5, 5.41) is 20.6. The predicted molar refractivity (Wildman–Crippen MR) is 120 cm³/mol. The van der Waals surface area contributed by atoms with Crippen molar-refractivity contribution in [3.63, 3.8) is 0 Å². The molecule has 0 saturated heterocycles. The van der Waals surface area contributed by atoms with E-state index in [4.69, 9.17) is 11.6 Å². The van der Waals surface area contributed by atoms with Crippen molar-refractivity contribution < 1.29 is 9.72 Å². The molecule has 0 spiro atoms. The fourth-order valence-corrected chi connectivity index (χ4v) is 3.71. The summed E-state index contributed by atoms with van der Waals surface area (Å²) in [7, 11) is 0. The van der Waals surface area contributed by atoms with E-state index in [-0.39, 0.29) is 22.2 Å². The molecule has 4 rings (SSSR count). The zero-order valence-corrected chi connectivity index (χ0v) is 17.9. The molecule has 1 N–H and O–H groups in total. The van der Waals surface area contributed by atoms with E-state index in [1.165, 1.54) is 12.1 Å². The lowest BCUT2D eigenvalue weighted by Gasteiger charge is -2.06. The lowest BCUT2D eigenvalue weighted by Crippen LogP contribution is -2.17. The minimum absolute atomic E-state index is 0.0449. The largest absolute Gasteiger partial charge is 0.349 e. The summed E-state index contributed by atoms with van der Waals surface area (Å²) in [5.41, 5.74) is 1.57. The SMILES string of the molecule is Cc1ccc(-c2nc(NCc3cccs3)n(C(=O)c3ccc(Cl)c([N+](=O)[O-])c3)n2)cc1. The van der Waals surface area contributed by atoms with Crippen molar-refractivity contribution in [1.29, 1.82) is 0 Å². The smallest absolute Gasteiger partial charge is 0.288 e. The molecule has 0 unspecified atom stereocenters. The number of halogens is 1. The molecule has 0 aliphatic rings. The van der Waals surface area contributed by atoms with Crippen LogP contribution in [0.3, 0.4) is 0 Å². The molecule has 2 aromatic heterocycles. The molecule has 8 nitrogen and oxygen atoms in total. The van der Waals surface area contributed by atoms with Gasteiger partial charge in [0.05, 0.1) is 11.5 Å². The van der Waals surface area contributed by atoms with Gasteiger partial charge in [0.1, 0.15) is 5.02 Å². The van der Waals surface area contributed by atoms with E-state index in [9.17, 15) is 14.9 Å². The van der Waals surface area contributed by atoms with Gasteiger partial charge < -0.3 is 5.32 Å². The number of anilines is 1. The van der Waals surface area contributed by atoms with Crippen molar-refractivity contribution in [2.45, 2.75) is 13.5 Å². The summed E-state index contributed by atoms with van der Waals surface area (Å²) < 4.78 is 1.12. The number of rotatable bonds is 6. The number of aromatic nitrogens is 3. The van der Waals surface area contributed by atoms with E-state index < -0.39 is 10.8 Å². The van der Waals surface area contributed by atoms with Crippen LogP contribution in [0.1, 0.15) is 20.8 Å². The molecule has 0 aliphatic heterocycles. The molecule has 0 atom stereocenters. The van der Waals surface area contributed by atoms with Crippen LogP contribution in [0.5, 0.6) is 0 Å². The third-order valence-electron chi connectivity index (χ3n) is 4.50. The number of benzene rings is 2. The fourth-order valence-electron chi connectivity index (χ4n) is 2.88. The Bertz CT molecular complexity index is 1250. The van der Waals surface area contributed by atoms with Crippen LogP contribution in [0.25, 0.3) is 11.4 Å². The van der Waals surface area contributed by atoms with E-state index >= 15 is 0 Å². The Labute approximate surface area is 186 Å². The molecule has 31 heavy (non-hydrogen) atoms. The molecule has 2 aromatic carbocycles. The number of carbonyl (C=O) groups is 1. The first kappa shape index (κ1) is 20.7. The highest BCUT2D eigenvalue weighted by Gasteiger charge is 2.22. The Kier molecular flexibility index (Phi) is 5.79. The van der Waals surface area contributed by atoms with Gasteiger partial charge in [-0.3, -0.25) is 14.9 Å². The molecule has 0 amide bonds. The fraction of sp³-hybridized carbons (Fsp3) is 0.0952. The minimum Gasteiger partial charge on any atom is -0.349 e. The van der Waals surface area contributed by atoms with Gasteiger partial charge in [0.25, 0.3) is 11.6 Å². The summed E-state index contributed by atoms with van der Waals surface area (Å²) in [6.45, 7) is 2.43. The van der Waals surface area contributed by atoms with Crippen molar-refractivity contribution in [2.24, 2.45) is 0 Å². The van der Waals surface area contributed by atoms with Gasteiger partial charge in [-0.2, -0.15) is 9.67 Å². The quantitative estimate of drug-likeness (QED) is 0.319. The maximum atomic E-state index is 13.2. The van der Waals surface area contributed by atoms with Crippen LogP contribution >= 0.6 is 22.9 Å². The minimum atomic E-state index is -0.631. The second kappa shape index (κ2) is 8.66. The Morgan fingerprint density at radius 2 is 2.00 bits per heavy atom. The van der Waals surface area contributed by atoms with Crippen molar-refractivity contribution in [1.82, 2.24) is 14.8 Å². The highest BCUT2D eigenvalue weighted by molar-refractivity contribution is 7.09. The van der Waals surface area contributed by atoms with E-state index in [1.54, 1.807) is 11.3 Å². The average molecular weight is 454 g/mol. The van der Waals surface area contributed by atoms with Crippen LogP contribution in [-0.2, 0) is 6.54 Å². The van der Waals surface area contributed by atoms with Crippen LogP contribution in [0.2, 0.25) is 5.02 Å². The number of hydrogen-bond acceptors (Lipinski definition) is 7. The van der Waals surface area contributed by atoms with Crippen molar-refractivity contribution in [3.05, 3.63) is 91.1 Å². The number of carbonyl (C=O) groups excluding carboxylic acids is 1. The number of nitrogens with one attached hydrogen (secondary N) is 1. The van der Waals surface area contributed by atoms with Crippen molar-refractivity contribution in [2.75, 3.05) is 5.32 Å². The first-order valence-electron chi connectivity index (χ1n) is 9.21. The first-order chi connectivity index (χ1) is 14.9. The molecule has 0 radical (unpaired) electrons. The van der Waals surface area contributed by atoms with Crippen LogP contribution in [0.4, 0.5) is 11.6 Å². The molecule has 4 aromatic rings. The molecular weight excluding hydrogens is 438 g/mol. The Hall–Kier alpha value is -3.56. The Morgan fingerprint density at radius 3 is 2.68 bits per heavy atom. The number of nitro benzene ring substituents is 1. The van der Waals surface area contributed by atoms with Crippen molar-refractivity contribution in [3.8, 4) is 11.4 Å². The summed E-state index contributed by atoms with van der Waals surface area (Å²) >= 11 is 7.45. The highest BCUT2D eigenvalue weighted by Crippen LogP contribution is 2.26. The zero-order valence-electron chi connectivity index (χ0n) is 16.3. The van der Waals surface area contributed by atoms with Gasteiger partial charge in [0.2, 0.25) is 5.95 Å². The van der Waals surface area contributed by atoms with E-state index in [0.29, 0.717) is 12.4 Å². The predicted octanol–water partition coefficient (Wildman–Crippen LogP) is 5.18. The molecule has 0 saturated carbocycles. The summed E-state index contributed by atoms with van der Waals surface area (Å²) in [6, 6.07) is 15.4. The molecule has 0 bridgehead atoms. The lowest BCUT2D eigenvalue weighted by molar-refractivity contribution is -0.384. The van der Waals surface area contributed by atoms with Gasteiger partial charge in [0, 0.05) is 22.1 Å². The van der Waals surface area contributed by atoms with Gasteiger partial charge in [-0.05, 0) is 30.5 Å². The van der Waals surface area contributed by atoms with Gasteiger partial charge in [-0.25, -0.2) is 0 Å². The van der Waals surface area contributed by atoms with Crippen LogP contribution in [0.15, 0.2) is 60.0 Å². The van der Waals surface area contributed by atoms with E-state index in [0.717, 1.165) is 26.8 Å². The summed E-state index contributed by atoms with van der Waals surface area (Å²) in [4.78, 5) is 29.3. The zero-order chi connectivity index (χ0) is 22.0. The highest BCUT2D eigenvalue weighted by atomic mass is 35.5. The van der Waals surface area contributed by atoms with E-state index in [1.807, 2.05) is 48.7 Å². The topological polar surface area (TPSA) is 103 Å². The summed E-state index contributed by atoms with van der Waals surface area (Å²) in [5.74, 6) is 0.0522. The number of aryl methyl sites for hydroxylation is 1. The van der Waals surface area contributed by atoms with Crippen LogP contribution in [-0.4, -0.2) is 25.6 Å². The number of nitrogens with zero attached hydrogens (tertiary/aromatic N) is 4. The molecule has 2 heterocycles. The monoisotopic (exact) mass is 453 g/mol. The standard InChI is InChI=1S/C21H16ClN5O3S/c1-13-4-6-14(7-5-13)19-24-21(23-12-16-3-2-10-31-16)26(25-19)20(28)15-8-9-17(22)18(11-15)27(29)30/h2-11H,12H2,1H3,(H,23,24,25). The normalized spacial score (nSPS) is 10.8. The molecule has 0 aliphatic carbocycles. The van der Waals surface area contributed by atoms with Crippen LogP contribution < -0.4 is 5.32 Å². The lowest BCUT2D eigenvalue weighted by atomic mass is 10.1. The maximum absolute atomic E-state index is 13.2. The van der Waals surface area contributed by atoms with Gasteiger partial charge in [0.15, 0.2) is 5.82 Å². The van der Waals surface area contributed by atoms with Gasteiger partial charge in [-0.15, -0.1) is 16.4 Å². The van der Waals surface area contributed by atoms with Gasteiger partial charge in [-0.1, -0.05) is 47.5 Å². The summed E-state index contributed by atoms with van der Waals surface area (Å²) in [6.07, 6.45) is 0. The molecule has 0 fully saturated rings. The number of nitro groups is 1. The maximum Gasteiger partial charge on any atom is 0.288 e. The molecule has 156 valence electrons. The van der Waals surface area contributed by atoms with Crippen LogP contribution in [0, 0.1) is 17.0 Å². The van der Waals surface area contributed by atoms with E-state index in [2.05, 4.69) is 15.4 Å². The Balaban J connectivity index is 1.73.